The van der Waals surface area contributed by atoms with E-state index in [0.29, 0.717) is 6.54 Å². The van der Waals surface area contributed by atoms with Crippen molar-refractivity contribution in [2.75, 3.05) is 26.7 Å². The van der Waals surface area contributed by atoms with Crippen molar-refractivity contribution < 1.29 is 14.5 Å². The summed E-state index contributed by atoms with van der Waals surface area (Å²) < 4.78 is 5.28. The van der Waals surface area contributed by atoms with Gasteiger partial charge < -0.3 is 15.4 Å². The van der Waals surface area contributed by atoms with Crippen LogP contribution in [0.25, 0.3) is 0 Å². The molecule has 0 aliphatic carbocycles. The van der Waals surface area contributed by atoms with E-state index in [1.807, 2.05) is 7.05 Å². The quantitative estimate of drug-likeness (QED) is 0.401. The van der Waals surface area contributed by atoms with E-state index in [0.717, 1.165) is 13.0 Å². The Kier molecular flexibility index (Phi) is 7.05. The minimum atomic E-state index is -0.507. The van der Waals surface area contributed by atoms with Crippen molar-refractivity contribution in [2.24, 2.45) is 0 Å². The SMILES string of the molecule is CNCCCNC(=O)CCOc1ccccc1[N+](=O)[O-]. The number of nitrogens with zero attached hydrogens (tertiary/aromatic N) is 1. The van der Waals surface area contributed by atoms with E-state index >= 15 is 0 Å². The molecule has 0 heterocycles. The number of hydrogen-bond donors (Lipinski definition) is 2. The minimum absolute atomic E-state index is 0.0954. The number of carbonyl (C=O) groups is 1. The van der Waals surface area contributed by atoms with Crippen LogP contribution in [-0.2, 0) is 4.79 Å². The van der Waals surface area contributed by atoms with Gasteiger partial charge in [-0.1, -0.05) is 12.1 Å². The third kappa shape index (κ3) is 5.66. The van der Waals surface area contributed by atoms with Gasteiger partial charge in [0.25, 0.3) is 0 Å². The van der Waals surface area contributed by atoms with Gasteiger partial charge in [0.05, 0.1) is 18.0 Å². The molecule has 7 heteroatoms. The van der Waals surface area contributed by atoms with Crippen LogP contribution in [-0.4, -0.2) is 37.6 Å². The molecule has 0 unspecified atom stereocenters. The summed E-state index contributed by atoms with van der Waals surface area (Å²) in [4.78, 5) is 21.7. The zero-order valence-electron chi connectivity index (χ0n) is 11.4. The maximum Gasteiger partial charge on any atom is 0.310 e. The lowest BCUT2D eigenvalue weighted by molar-refractivity contribution is -0.385. The average molecular weight is 281 g/mol. The molecule has 0 saturated carbocycles. The molecule has 0 aliphatic heterocycles. The Balaban J connectivity index is 2.30. The number of para-hydroxylation sites is 2. The molecule has 0 bridgehead atoms. The van der Waals surface area contributed by atoms with E-state index in [4.69, 9.17) is 4.74 Å². The molecule has 7 nitrogen and oxygen atoms in total. The fourth-order valence-electron chi connectivity index (χ4n) is 1.57. The summed E-state index contributed by atoms with van der Waals surface area (Å²) >= 11 is 0. The Morgan fingerprint density at radius 2 is 2.10 bits per heavy atom. The first kappa shape index (κ1) is 15.9. The van der Waals surface area contributed by atoms with E-state index < -0.39 is 4.92 Å². The first-order valence-corrected chi connectivity index (χ1v) is 6.42. The molecule has 20 heavy (non-hydrogen) atoms. The summed E-state index contributed by atoms with van der Waals surface area (Å²) in [5.74, 6) is 0.0557. The summed E-state index contributed by atoms with van der Waals surface area (Å²) in [5.41, 5.74) is -0.0954. The van der Waals surface area contributed by atoms with Gasteiger partial charge in [-0.15, -0.1) is 0 Å². The van der Waals surface area contributed by atoms with Crippen LogP contribution in [0.2, 0.25) is 0 Å². The monoisotopic (exact) mass is 281 g/mol. The van der Waals surface area contributed by atoms with Crippen LogP contribution in [0.3, 0.4) is 0 Å². The van der Waals surface area contributed by atoms with Crippen molar-refractivity contribution in [3.63, 3.8) is 0 Å². The molecule has 1 aromatic rings. The second-order valence-electron chi connectivity index (χ2n) is 4.13. The maximum absolute atomic E-state index is 11.5. The minimum Gasteiger partial charge on any atom is -0.486 e. The Morgan fingerprint density at radius 3 is 2.80 bits per heavy atom. The van der Waals surface area contributed by atoms with E-state index in [1.54, 1.807) is 12.1 Å². The molecule has 1 rings (SSSR count). The van der Waals surface area contributed by atoms with Crippen LogP contribution in [0.4, 0.5) is 5.69 Å². The van der Waals surface area contributed by atoms with E-state index in [2.05, 4.69) is 10.6 Å². The number of nitro groups is 1. The highest BCUT2D eigenvalue weighted by molar-refractivity contribution is 5.75. The van der Waals surface area contributed by atoms with Crippen LogP contribution in [0.1, 0.15) is 12.8 Å². The van der Waals surface area contributed by atoms with Crippen LogP contribution < -0.4 is 15.4 Å². The molecule has 110 valence electrons. The molecule has 0 aromatic heterocycles. The average Bonchev–Trinajstić information content (AvgIpc) is 2.44. The third-order valence-corrected chi connectivity index (χ3v) is 2.57. The number of nitro benzene ring substituents is 1. The normalized spacial score (nSPS) is 10.1. The van der Waals surface area contributed by atoms with E-state index in [1.165, 1.54) is 12.1 Å². The van der Waals surface area contributed by atoms with Gasteiger partial charge in [-0.2, -0.15) is 0 Å². The highest BCUT2D eigenvalue weighted by Gasteiger charge is 2.13. The topological polar surface area (TPSA) is 93.5 Å². The fourth-order valence-corrected chi connectivity index (χ4v) is 1.57. The largest absolute Gasteiger partial charge is 0.486 e. The standard InChI is InChI=1S/C13H19N3O4/c1-14-8-4-9-15-13(17)7-10-20-12-6-3-2-5-11(12)16(18)19/h2-3,5-6,14H,4,7-10H2,1H3,(H,15,17). The number of nitrogens with one attached hydrogen (secondary N) is 2. The molecule has 0 aliphatic rings. The van der Waals surface area contributed by atoms with Gasteiger partial charge in [0.2, 0.25) is 5.91 Å². The number of rotatable bonds is 9. The number of hydrogen-bond acceptors (Lipinski definition) is 5. The predicted octanol–water partition coefficient (Wildman–Crippen LogP) is 1.09. The van der Waals surface area contributed by atoms with Gasteiger partial charge in [0.15, 0.2) is 5.75 Å². The van der Waals surface area contributed by atoms with Gasteiger partial charge in [0.1, 0.15) is 0 Å². The molecule has 0 fully saturated rings. The molecule has 0 atom stereocenters. The van der Waals surface area contributed by atoms with Crippen molar-refractivity contribution >= 4 is 11.6 Å². The third-order valence-electron chi connectivity index (χ3n) is 2.57. The smallest absolute Gasteiger partial charge is 0.310 e. The van der Waals surface area contributed by atoms with Crippen molar-refractivity contribution in [1.82, 2.24) is 10.6 Å². The van der Waals surface area contributed by atoms with E-state index in [-0.39, 0.29) is 30.4 Å². The molecule has 0 radical (unpaired) electrons. The van der Waals surface area contributed by atoms with Gasteiger partial charge >= 0.3 is 5.69 Å². The first-order valence-electron chi connectivity index (χ1n) is 6.42. The molecule has 2 N–H and O–H groups in total. The predicted molar refractivity (Wildman–Crippen MR) is 74.8 cm³/mol. The molecule has 1 aromatic carbocycles. The zero-order chi connectivity index (χ0) is 14.8. The lowest BCUT2D eigenvalue weighted by atomic mass is 10.3. The van der Waals surface area contributed by atoms with Gasteiger partial charge in [-0.05, 0) is 26.1 Å². The molecular formula is C13H19N3O4. The van der Waals surface area contributed by atoms with Gasteiger partial charge in [-0.3, -0.25) is 14.9 Å². The van der Waals surface area contributed by atoms with Crippen LogP contribution in [0.5, 0.6) is 5.75 Å². The van der Waals surface area contributed by atoms with E-state index in [9.17, 15) is 14.9 Å². The molecule has 0 saturated heterocycles. The molecule has 1 amide bonds. The van der Waals surface area contributed by atoms with Gasteiger partial charge in [0, 0.05) is 12.6 Å². The Morgan fingerprint density at radius 1 is 1.35 bits per heavy atom. The number of carbonyl (C=O) groups excluding carboxylic acids is 1. The highest BCUT2D eigenvalue weighted by Crippen LogP contribution is 2.25. The fraction of sp³-hybridized carbons (Fsp3) is 0.462. The van der Waals surface area contributed by atoms with Crippen molar-refractivity contribution in [3.05, 3.63) is 34.4 Å². The lowest BCUT2D eigenvalue weighted by Gasteiger charge is -2.07. The summed E-state index contributed by atoms with van der Waals surface area (Å²) in [6.45, 7) is 1.56. The second kappa shape index (κ2) is 8.87. The summed E-state index contributed by atoms with van der Waals surface area (Å²) in [5, 5.41) is 16.5. The Hall–Kier alpha value is -2.15. The maximum atomic E-state index is 11.5. The Bertz CT molecular complexity index is 451. The summed E-state index contributed by atoms with van der Waals surface area (Å²) in [7, 11) is 1.85. The summed E-state index contributed by atoms with van der Waals surface area (Å²) in [6.07, 6.45) is 1.03. The number of ether oxygens (including phenoxy) is 1. The van der Waals surface area contributed by atoms with Gasteiger partial charge in [-0.25, -0.2) is 0 Å². The lowest BCUT2D eigenvalue weighted by Crippen LogP contribution is -2.27. The first-order chi connectivity index (χ1) is 9.65. The van der Waals surface area contributed by atoms with Crippen LogP contribution in [0, 0.1) is 10.1 Å². The number of benzene rings is 1. The van der Waals surface area contributed by atoms with Crippen LogP contribution in [0.15, 0.2) is 24.3 Å². The zero-order valence-corrected chi connectivity index (χ0v) is 11.4. The number of amides is 1. The van der Waals surface area contributed by atoms with Crippen molar-refractivity contribution in [1.29, 1.82) is 0 Å². The molecule has 0 spiro atoms. The van der Waals surface area contributed by atoms with Crippen LogP contribution >= 0.6 is 0 Å². The van der Waals surface area contributed by atoms with Crippen molar-refractivity contribution in [2.45, 2.75) is 12.8 Å². The second-order valence-corrected chi connectivity index (χ2v) is 4.13. The highest BCUT2D eigenvalue weighted by atomic mass is 16.6. The Labute approximate surface area is 117 Å². The molecular weight excluding hydrogens is 262 g/mol. The van der Waals surface area contributed by atoms with Crippen molar-refractivity contribution in [3.8, 4) is 5.75 Å². The summed E-state index contributed by atoms with van der Waals surface area (Å²) in [6, 6.07) is 6.11.